The molecule has 0 radical (unpaired) electrons. The van der Waals surface area contributed by atoms with Gasteiger partial charge in [0.1, 0.15) is 6.10 Å². The van der Waals surface area contributed by atoms with Crippen LogP contribution < -0.4 is 0 Å². The van der Waals surface area contributed by atoms with Crippen molar-refractivity contribution in [2.75, 3.05) is 14.2 Å². The molecule has 362 valence electrons. The van der Waals surface area contributed by atoms with Gasteiger partial charge in [0, 0.05) is 54.6 Å². The lowest BCUT2D eigenvalue weighted by molar-refractivity contribution is -0.361. The Labute approximate surface area is 376 Å². The van der Waals surface area contributed by atoms with Gasteiger partial charge in [0.25, 0.3) is 0 Å². The molecular weight excluding hydrogens is 836 g/mol. The number of allylic oxidation sites excluding steroid dienone is 3. The zero-order valence-electron chi connectivity index (χ0n) is 38.8. The van der Waals surface area contributed by atoms with Crippen LogP contribution in [0.1, 0.15) is 119 Å². The van der Waals surface area contributed by atoms with Gasteiger partial charge in [-0.25, -0.2) is 9.59 Å². The van der Waals surface area contributed by atoms with Crippen LogP contribution in [-0.4, -0.2) is 136 Å². The number of ether oxygens (including phenoxy) is 8. The second kappa shape index (κ2) is 22.8. The van der Waals surface area contributed by atoms with Crippen LogP contribution in [0.3, 0.4) is 0 Å². The highest BCUT2D eigenvalue weighted by Gasteiger charge is 2.60. The minimum atomic E-state index is -2.39. The summed E-state index contributed by atoms with van der Waals surface area (Å²) in [7, 11) is 2.46. The molecule has 0 aromatic heterocycles. The zero-order valence-corrected chi connectivity index (χ0v) is 38.8. The largest absolute Gasteiger partial charge is 0.469 e. The van der Waals surface area contributed by atoms with Crippen LogP contribution in [0, 0.1) is 16.7 Å². The van der Waals surface area contributed by atoms with Gasteiger partial charge in [0.15, 0.2) is 18.2 Å². The summed E-state index contributed by atoms with van der Waals surface area (Å²) in [5, 5.41) is 58.0. The Kier molecular flexibility index (Phi) is 18.9. The molecule has 0 aliphatic carbocycles. The van der Waals surface area contributed by atoms with Crippen molar-refractivity contribution in [2.45, 2.75) is 192 Å². The van der Waals surface area contributed by atoms with E-state index in [1.165, 1.54) is 46.3 Å². The number of methoxy groups -OCH3 is 2. The Morgan fingerprint density at radius 3 is 2.25 bits per heavy atom. The molecule has 0 amide bonds. The van der Waals surface area contributed by atoms with Gasteiger partial charge in [-0.05, 0) is 39.5 Å². The van der Waals surface area contributed by atoms with E-state index < -0.39 is 120 Å². The van der Waals surface area contributed by atoms with Crippen LogP contribution >= 0.6 is 0 Å². The van der Waals surface area contributed by atoms with Gasteiger partial charge in [-0.3, -0.25) is 9.59 Å². The summed E-state index contributed by atoms with van der Waals surface area (Å²) in [6.07, 6.45) is 1.07. The van der Waals surface area contributed by atoms with Crippen molar-refractivity contribution in [3.63, 3.8) is 0 Å². The van der Waals surface area contributed by atoms with Crippen LogP contribution in [-0.2, 0) is 57.1 Å². The molecule has 3 fully saturated rings. The molecule has 17 nitrogen and oxygen atoms in total. The molecule has 0 aromatic rings. The number of fused-ring (bicyclic) bond motifs is 6. The fourth-order valence-electron chi connectivity index (χ4n) is 9.03. The summed E-state index contributed by atoms with van der Waals surface area (Å²) < 4.78 is 47.2. The SMILES string of the molecule is CCC/C=C/C=C/C(=O)O[C@H]1[C@H](CC(=O)OC)C[C@H]2C[C@H]([C@H](C)O)OC(=O)C[C@H](O)C[C@@H]3C[C@H](O[C@@H](C)O)C(C)(C)[C@](O)(C[C@@H]4C/C(=C/C(=O)OC)C[C@H](/C=C/C(C)(C)[C@]1(O)O2)O4)O3. The van der Waals surface area contributed by atoms with E-state index in [0.29, 0.717) is 5.57 Å². The second-order valence-electron chi connectivity index (χ2n) is 18.8. The molecule has 13 atom stereocenters. The number of rotatable bonds is 11. The number of hydrogen-bond donors (Lipinski definition) is 5. The molecule has 3 saturated heterocycles. The molecule has 0 saturated carbocycles. The maximum absolute atomic E-state index is 13.5. The van der Waals surface area contributed by atoms with Crippen LogP contribution in [0.15, 0.2) is 48.1 Å². The normalized spacial score (nSPS) is 36.9. The standard InChI is InChI=1S/C47H72O17/c1-10-11-12-13-14-15-39(51)62-43-31(22-41(53)58-9)21-34-25-37(28(2)48)61-42(54)24-32(50)23-35-26-38(59-29(3)49)45(6,7)46(55,63-35)27-36-19-30(20-40(52)57-8)18-33(60-36)16-17-44(4,5)47(43,56)64-34/h12-17,20,28-29,31-38,43,48-50,55-56H,10-11,18-19,21-27H2,1-9H3/b13-12+,15-14+,17-16+,30-20+/t28-,29-,31-,32+,33-,34-,35+,36-,37+,38-,43-,46-,47+/m0/s1. The monoisotopic (exact) mass is 908 g/mol. The van der Waals surface area contributed by atoms with Crippen molar-refractivity contribution < 1.29 is 82.6 Å². The first kappa shape index (κ1) is 53.1. The summed E-state index contributed by atoms with van der Waals surface area (Å²) >= 11 is 0. The van der Waals surface area contributed by atoms with Crippen molar-refractivity contribution in [1.29, 1.82) is 0 Å². The first-order valence-electron chi connectivity index (χ1n) is 22.4. The van der Waals surface area contributed by atoms with E-state index in [0.717, 1.165) is 12.8 Å². The van der Waals surface area contributed by atoms with Gasteiger partial charge in [0.05, 0.1) is 69.8 Å². The molecule has 4 heterocycles. The summed E-state index contributed by atoms with van der Waals surface area (Å²) in [6.45, 7) is 11.6. The van der Waals surface area contributed by atoms with E-state index in [9.17, 15) is 44.7 Å². The van der Waals surface area contributed by atoms with Gasteiger partial charge < -0.3 is 63.4 Å². The smallest absolute Gasteiger partial charge is 0.331 e. The van der Waals surface area contributed by atoms with Crippen LogP contribution in [0.5, 0.6) is 0 Å². The Hall–Kier alpha value is -3.52. The highest BCUT2D eigenvalue weighted by molar-refractivity contribution is 5.83. The number of carbonyl (C=O) groups excluding carboxylic acids is 4. The van der Waals surface area contributed by atoms with E-state index in [4.69, 9.17) is 37.9 Å². The molecular formula is C47H72O17. The number of carbonyl (C=O) groups is 4. The van der Waals surface area contributed by atoms with E-state index in [1.807, 2.05) is 13.0 Å². The maximum atomic E-state index is 13.5. The third kappa shape index (κ3) is 13.8. The number of aliphatic hydroxyl groups excluding tert-OH is 3. The molecule has 4 aliphatic rings. The minimum absolute atomic E-state index is 0.00172. The molecule has 4 aliphatic heterocycles. The minimum Gasteiger partial charge on any atom is -0.469 e. The lowest BCUT2D eigenvalue weighted by atomic mass is 9.70. The van der Waals surface area contributed by atoms with Crippen LogP contribution in [0.25, 0.3) is 0 Å². The van der Waals surface area contributed by atoms with E-state index >= 15 is 0 Å². The van der Waals surface area contributed by atoms with E-state index in [1.54, 1.807) is 45.9 Å². The fourth-order valence-corrected chi connectivity index (χ4v) is 9.03. The number of esters is 4. The first-order valence-corrected chi connectivity index (χ1v) is 22.4. The van der Waals surface area contributed by atoms with Crippen molar-refractivity contribution in [3.05, 3.63) is 48.1 Å². The molecule has 0 aromatic carbocycles. The molecule has 17 heteroatoms. The van der Waals surface area contributed by atoms with Crippen LogP contribution in [0.2, 0.25) is 0 Å². The average molecular weight is 909 g/mol. The van der Waals surface area contributed by atoms with Gasteiger partial charge in [-0.15, -0.1) is 0 Å². The van der Waals surface area contributed by atoms with Gasteiger partial charge >= 0.3 is 23.9 Å². The fraction of sp³-hybridized carbons (Fsp3) is 0.745. The van der Waals surface area contributed by atoms with Gasteiger partial charge in [-0.2, -0.15) is 0 Å². The highest BCUT2D eigenvalue weighted by atomic mass is 16.7. The number of unbranched alkanes of at least 4 members (excludes halogenated alkanes) is 1. The molecule has 64 heavy (non-hydrogen) atoms. The summed E-state index contributed by atoms with van der Waals surface area (Å²) in [4.78, 5) is 52.5. The maximum Gasteiger partial charge on any atom is 0.331 e. The van der Waals surface area contributed by atoms with Crippen molar-refractivity contribution in [3.8, 4) is 0 Å². The first-order chi connectivity index (χ1) is 29.9. The lowest BCUT2D eigenvalue weighted by Crippen LogP contribution is -2.64. The number of cyclic esters (lactones) is 1. The van der Waals surface area contributed by atoms with E-state index in [2.05, 4.69) is 0 Å². The zero-order chi connectivity index (χ0) is 47.6. The third-order valence-corrected chi connectivity index (χ3v) is 12.8. The Morgan fingerprint density at radius 2 is 1.61 bits per heavy atom. The van der Waals surface area contributed by atoms with Gasteiger partial charge in [-0.1, -0.05) is 77.0 Å². The number of hydrogen-bond acceptors (Lipinski definition) is 17. The molecule has 4 rings (SSSR count). The van der Waals surface area contributed by atoms with Crippen molar-refractivity contribution in [2.24, 2.45) is 16.7 Å². The van der Waals surface area contributed by atoms with Gasteiger partial charge in [0.2, 0.25) is 5.79 Å². The topological polar surface area (TPSA) is 243 Å². The van der Waals surface area contributed by atoms with E-state index in [-0.39, 0.29) is 51.4 Å². The molecule has 0 unspecified atom stereocenters. The van der Waals surface area contributed by atoms with Crippen molar-refractivity contribution in [1.82, 2.24) is 0 Å². The lowest BCUT2D eigenvalue weighted by Gasteiger charge is -2.54. The second-order valence-corrected chi connectivity index (χ2v) is 18.8. The Morgan fingerprint density at radius 1 is 0.906 bits per heavy atom. The molecule has 6 bridgehead atoms. The summed E-state index contributed by atoms with van der Waals surface area (Å²) in [5.41, 5.74) is -2.02. The predicted octanol–water partition coefficient (Wildman–Crippen LogP) is 4.15. The summed E-state index contributed by atoms with van der Waals surface area (Å²) in [5.74, 6) is -8.24. The predicted molar refractivity (Wildman–Crippen MR) is 229 cm³/mol. The average Bonchev–Trinajstić information content (AvgIpc) is 3.19. The number of aliphatic hydroxyl groups is 5. The Bertz CT molecular complexity index is 1720. The van der Waals surface area contributed by atoms with Crippen LogP contribution in [0.4, 0.5) is 0 Å². The highest BCUT2D eigenvalue weighted by Crippen LogP contribution is 2.50. The Balaban J connectivity index is 1.87. The summed E-state index contributed by atoms with van der Waals surface area (Å²) in [6, 6.07) is 0. The molecule has 0 spiro atoms. The van der Waals surface area contributed by atoms with Crippen molar-refractivity contribution >= 4 is 23.9 Å². The molecule has 5 N–H and O–H groups in total. The third-order valence-electron chi connectivity index (χ3n) is 12.8. The quantitative estimate of drug-likeness (QED) is 0.0488.